The molecule has 0 spiro atoms. The van der Waals surface area contributed by atoms with Crippen molar-refractivity contribution in [2.45, 2.75) is 13.8 Å². The number of fused-ring (bicyclic) bond motifs is 1. The van der Waals surface area contributed by atoms with Crippen LogP contribution in [0.3, 0.4) is 0 Å². The predicted octanol–water partition coefficient (Wildman–Crippen LogP) is 2.17. The number of hydrogen-bond donors (Lipinski definition) is 1. The van der Waals surface area contributed by atoms with Gasteiger partial charge in [0.25, 0.3) is 0 Å². The number of H-pyrrole nitrogens is 1. The van der Waals surface area contributed by atoms with Gasteiger partial charge in [0.1, 0.15) is 12.0 Å². The zero-order valence-corrected chi connectivity index (χ0v) is 13.4. The Bertz CT molecular complexity index is 900. The zero-order chi connectivity index (χ0) is 16.5. The van der Waals surface area contributed by atoms with Crippen molar-refractivity contribution in [3.05, 3.63) is 30.4 Å². The van der Waals surface area contributed by atoms with E-state index in [0.29, 0.717) is 11.6 Å². The Balaban J connectivity index is 1.75. The number of anilines is 1. The van der Waals surface area contributed by atoms with E-state index in [4.69, 9.17) is 4.98 Å². The first kappa shape index (κ1) is 14.4. The molecule has 0 fully saturated rings. The van der Waals surface area contributed by atoms with Gasteiger partial charge in [0, 0.05) is 24.0 Å². The van der Waals surface area contributed by atoms with E-state index >= 15 is 0 Å². The molecule has 0 unspecified atom stereocenters. The van der Waals surface area contributed by atoms with Crippen molar-refractivity contribution in [2.24, 2.45) is 4.99 Å². The molecule has 3 aromatic heterocycles. The lowest BCUT2D eigenvalue weighted by atomic mass is 10.1. The summed E-state index contributed by atoms with van der Waals surface area (Å²) >= 11 is 0. The number of aliphatic imine (C=N–C) groups is 1. The number of pyridine rings is 1. The summed E-state index contributed by atoms with van der Waals surface area (Å²) in [4.78, 5) is 23.2. The van der Waals surface area contributed by atoms with E-state index in [2.05, 4.69) is 42.0 Å². The summed E-state index contributed by atoms with van der Waals surface area (Å²) in [5, 5.41) is 7.78. The topological polar surface area (TPSA) is 95.8 Å². The molecular weight excluding hydrogens is 304 g/mol. The number of aromatic amines is 1. The lowest BCUT2D eigenvalue weighted by Gasteiger charge is -2.24. The fraction of sp³-hybridized carbons (Fsp3) is 0.250. The summed E-state index contributed by atoms with van der Waals surface area (Å²) in [6.45, 7) is 5.66. The van der Waals surface area contributed by atoms with E-state index in [-0.39, 0.29) is 0 Å². The third-order valence-corrected chi connectivity index (χ3v) is 3.95. The van der Waals surface area contributed by atoms with Gasteiger partial charge in [-0.25, -0.2) is 19.9 Å². The van der Waals surface area contributed by atoms with Crippen molar-refractivity contribution >= 4 is 17.9 Å². The minimum Gasteiger partial charge on any atom is -0.348 e. The van der Waals surface area contributed by atoms with Gasteiger partial charge in [0.2, 0.25) is 0 Å². The van der Waals surface area contributed by atoms with Crippen LogP contribution in [0, 0.1) is 6.92 Å². The second kappa shape index (κ2) is 5.80. The third-order valence-electron chi connectivity index (χ3n) is 3.95. The molecule has 3 aromatic rings. The molecule has 0 saturated carbocycles. The number of rotatable bonds is 3. The lowest BCUT2D eigenvalue weighted by molar-refractivity contribution is 0.885. The van der Waals surface area contributed by atoms with Crippen LogP contribution in [0.25, 0.3) is 22.8 Å². The molecule has 8 heteroatoms. The monoisotopic (exact) mass is 320 g/mol. The van der Waals surface area contributed by atoms with Crippen LogP contribution in [-0.4, -0.2) is 49.4 Å². The van der Waals surface area contributed by atoms with Gasteiger partial charge in [-0.1, -0.05) is 0 Å². The molecule has 4 rings (SSSR count). The molecule has 1 aliphatic rings. The summed E-state index contributed by atoms with van der Waals surface area (Å²) in [7, 11) is 0. The van der Waals surface area contributed by atoms with Crippen LogP contribution in [-0.2, 0) is 0 Å². The van der Waals surface area contributed by atoms with Crippen molar-refractivity contribution in [3.8, 4) is 22.8 Å². The summed E-state index contributed by atoms with van der Waals surface area (Å²) in [5.41, 5.74) is 3.34. The fourth-order valence-electron chi connectivity index (χ4n) is 2.69. The molecule has 0 amide bonds. The molecule has 1 N–H and O–H groups in total. The molecule has 120 valence electrons. The van der Waals surface area contributed by atoms with Crippen LogP contribution >= 0.6 is 0 Å². The van der Waals surface area contributed by atoms with Gasteiger partial charge in [-0.3, -0.25) is 0 Å². The first-order chi connectivity index (χ1) is 11.8. The molecule has 0 aliphatic carbocycles. The molecule has 0 atom stereocenters. The Labute approximate surface area is 138 Å². The van der Waals surface area contributed by atoms with Gasteiger partial charge in [-0.2, -0.15) is 0 Å². The maximum absolute atomic E-state index is 4.76. The molecule has 24 heavy (non-hydrogen) atoms. The predicted molar refractivity (Wildman–Crippen MR) is 91.4 cm³/mol. The Morgan fingerprint density at radius 2 is 2.12 bits per heavy atom. The molecular formula is C16H16N8. The maximum atomic E-state index is 4.76. The summed E-state index contributed by atoms with van der Waals surface area (Å²) in [6.07, 6.45) is 5.14. The van der Waals surface area contributed by atoms with Crippen molar-refractivity contribution in [2.75, 3.05) is 18.0 Å². The van der Waals surface area contributed by atoms with E-state index in [0.717, 1.165) is 41.6 Å². The second-order valence-electron chi connectivity index (χ2n) is 5.42. The SMILES string of the molecule is CCN1CC=Nc2ncc(-c3ccc(-c4nnc[nH]4)nc3C)nc21. The molecule has 1 aliphatic heterocycles. The maximum Gasteiger partial charge on any atom is 0.195 e. The lowest BCUT2D eigenvalue weighted by Crippen LogP contribution is -2.28. The van der Waals surface area contributed by atoms with E-state index in [1.165, 1.54) is 6.33 Å². The third kappa shape index (κ3) is 2.41. The van der Waals surface area contributed by atoms with Crippen LogP contribution in [0.4, 0.5) is 11.6 Å². The quantitative estimate of drug-likeness (QED) is 0.794. The number of hydrogen-bond acceptors (Lipinski definition) is 7. The summed E-state index contributed by atoms with van der Waals surface area (Å²) in [5.74, 6) is 2.12. The van der Waals surface area contributed by atoms with E-state index in [9.17, 15) is 0 Å². The second-order valence-corrected chi connectivity index (χ2v) is 5.42. The van der Waals surface area contributed by atoms with Gasteiger partial charge in [0.15, 0.2) is 17.5 Å². The fourth-order valence-corrected chi connectivity index (χ4v) is 2.69. The summed E-state index contributed by atoms with van der Waals surface area (Å²) in [6, 6.07) is 3.89. The number of nitrogens with one attached hydrogen (secondary N) is 1. The highest BCUT2D eigenvalue weighted by atomic mass is 15.2. The minimum atomic E-state index is 0.646. The summed E-state index contributed by atoms with van der Waals surface area (Å²) < 4.78 is 0. The van der Waals surface area contributed by atoms with E-state index < -0.39 is 0 Å². The van der Waals surface area contributed by atoms with E-state index in [1.807, 2.05) is 25.3 Å². The largest absolute Gasteiger partial charge is 0.348 e. The van der Waals surface area contributed by atoms with Crippen LogP contribution in [0.1, 0.15) is 12.6 Å². The van der Waals surface area contributed by atoms with Gasteiger partial charge < -0.3 is 9.88 Å². The molecule has 0 saturated heterocycles. The minimum absolute atomic E-state index is 0.646. The Morgan fingerprint density at radius 3 is 2.88 bits per heavy atom. The van der Waals surface area contributed by atoms with Gasteiger partial charge in [-0.05, 0) is 26.0 Å². The van der Waals surface area contributed by atoms with Crippen molar-refractivity contribution in [1.29, 1.82) is 0 Å². The van der Waals surface area contributed by atoms with Crippen molar-refractivity contribution in [3.63, 3.8) is 0 Å². The first-order valence-corrected chi connectivity index (χ1v) is 7.75. The first-order valence-electron chi connectivity index (χ1n) is 7.75. The Morgan fingerprint density at radius 1 is 1.21 bits per heavy atom. The number of aromatic nitrogens is 6. The molecule has 0 bridgehead atoms. The smallest absolute Gasteiger partial charge is 0.195 e. The number of aryl methyl sites for hydroxylation is 1. The zero-order valence-electron chi connectivity index (χ0n) is 13.4. The van der Waals surface area contributed by atoms with Crippen LogP contribution in [0.2, 0.25) is 0 Å². The number of nitrogens with zero attached hydrogens (tertiary/aromatic N) is 7. The van der Waals surface area contributed by atoms with Crippen molar-refractivity contribution < 1.29 is 0 Å². The normalized spacial score (nSPS) is 13.2. The Hall–Kier alpha value is -3.16. The van der Waals surface area contributed by atoms with Gasteiger partial charge >= 0.3 is 0 Å². The Kier molecular flexibility index (Phi) is 3.49. The van der Waals surface area contributed by atoms with Crippen LogP contribution < -0.4 is 4.90 Å². The average Bonchev–Trinajstić information content (AvgIpc) is 3.15. The molecule has 4 heterocycles. The highest BCUT2D eigenvalue weighted by molar-refractivity contribution is 5.79. The van der Waals surface area contributed by atoms with Gasteiger partial charge in [0.05, 0.1) is 18.4 Å². The van der Waals surface area contributed by atoms with E-state index in [1.54, 1.807) is 6.20 Å². The van der Waals surface area contributed by atoms with Crippen LogP contribution in [0.15, 0.2) is 29.6 Å². The van der Waals surface area contributed by atoms with Gasteiger partial charge in [-0.15, -0.1) is 10.2 Å². The van der Waals surface area contributed by atoms with Crippen molar-refractivity contribution in [1.82, 2.24) is 30.1 Å². The molecule has 0 aromatic carbocycles. The molecule has 8 nitrogen and oxygen atoms in total. The standard InChI is InChI=1S/C16H16N8/c1-3-24-7-6-17-15-16(24)22-13(8-18-15)11-4-5-12(21-10(11)2)14-19-9-20-23-14/h4-6,8-9H,3,7H2,1-2H3,(H,19,20,23). The van der Waals surface area contributed by atoms with Crippen LogP contribution in [0.5, 0.6) is 0 Å². The average molecular weight is 320 g/mol. The highest BCUT2D eigenvalue weighted by Gasteiger charge is 2.18. The highest BCUT2D eigenvalue weighted by Crippen LogP contribution is 2.30. The molecule has 0 radical (unpaired) electrons.